The Balaban J connectivity index is 1.59. The molecule has 5 rings (SSSR count). The van der Waals surface area contributed by atoms with Crippen LogP contribution in [0.5, 0.6) is 0 Å². The van der Waals surface area contributed by atoms with E-state index in [0.29, 0.717) is 0 Å². The van der Waals surface area contributed by atoms with Gasteiger partial charge in [0.1, 0.15) is 11.2 Å². The number of thioether (sulfide) groups is 1. The lowest BCUT2D eigenvalue weighted by atomic mass is 10.1. The molecule has 0 unspecified atom stereocenters. The lowest BCUT2D eigenvalue weighted by molar-refractivity contribution is -0.664. The van der Waals surface area contributed by atoms with Crippen molar-refractivity contribution in [2.45, 2.75) is 52.5 Å². The molecule has 32 heavy (non-hydrogen) atoms. The van der Waals surface area contributed by atoms with Crippen LogP contribution in [-0.4, -0.2) is 6.54 Å². The smallest absolute Gasteiger partial charge is 0.263 e. The summed E-state index contributed by atoms with van der Waals surface area (Å²) in [6.45, 7) is 13.2. The first kappa shape index (κ1) is 21.7. The number of aromatic nitrogens is 1. The number of allylic oxidation sites excluding steroid dienone is 2. The number of rotatable bonds is 5. The number of benzene rings is 2. The van der Waals surface area contributed by atoms with Crippen LogP contribution in [0.2, 0.25) is 0 Å². The molecule has 3 heterocycles. The molecule has 0 N–H and O–H groups in total. The minimum atomic E-state index is 0.980. The number of hydrogen-bond donors (Lipinski definition) is 0. The number of thiophene rings is 1. The van der Waals surface area contributed by atoms with Gasteiger partial charge < -0.3 is 4.90 Å². The summed E-state index contributed by atoms with van der Waals surface area (Å²) in [6, 6.07) is 11.5. The Morgan fingerprint density at radius 1 is 1.03 bits per heavy atom. The molecule has 4 aromatic rings. The second-order valence-electron chi connectivity index (χ2n) is 8.24. The van der Waals surface area contributed by atoms with Gasteiger partial charge >= 0.3 is 0 Å². The lowest BCUT2D eigenvalue weighted by Crippen LogP contribution is -2.33. The molecule has 2 aromatic carbocycles. The third-order valence-corrected chi connectivity index (χ3v) is 9.40. The van der Waals surface area contributed by atoms with Crippen LogP contribution in [0.4, 0.5) is 5.69 Å². The topological polar surface area (TPSA) is 7.12 Å². The summed E-state index contributed by atoms with van der Waals surface area (Å²) in [6.07, 6.45) is 5.83. The molecule has 2 nitrogen and oxygen atoms in total. The second kappa shape index (κ2) is 8.69. The lowest BCUT2D eigenvalue weighted by Gasteiger charge is -2.19. The van der Waals surface area contributed by atoms with Crippen molar-refractivity contribution in [3.8, 4) is 0 Å². The van der Waals surface area contributed by atoms with Crippen molar-refractivity contribution in [3.63, 3.8) is 0 Å². The molecule has 0 fully saturated rings. The Morgan fingerprint density at radius 2 is 1.81 bits per heavy atom. The van der Waals surface area contributed by atoms with Gasteiger partial charge in [-0.1, -0.05) is 30.0 Å². The van der Waals surface area contributed by atoms with Gasteiger partial charge in [0, 0.05) is 22.2 Å². The first-order valence-corrected chi connectivity index (χ1v) is 13.9. The highest BCUT2D eigenvalue weighted by Gasteiger charge is 2.25. The fraction of sp³-hybridized carbons (Fsp3) is 0.296. The van der Waals surface area contributed by atoms with Gasteiger partial charge in [0.15, 0.2) is 0 Å². The Morgan fingerprint density at radius 3 is 2.56 bits per heavy atom. The van der Waals surface area contributed by atoms with Gasteiger partial charge in [-0.05, 0) is 92.6 Å². The van der Waals surface area contributed by atoms with E-state index in [4.69, 9.17) is 0 Å². The van der Waals surface area contributed by atoms with Crippen molar-refractivity contribution >= 4 is 66.5 Å². The summed E-state index contributed by atoms with van der Waals surface area (Å²) in [5.41, 5.74) is 6.85. The molecule has 1 aliphatic rings. The summed E-state index contributed by atoms with van der Waals surface area (Å²) in [4.78, 5) is 3.84. The van der Waals surface area contributed by atoms with Crippen molar-refractivity contribution < 1.29 is 4.57 Å². The highest BCUT2D eigenvalue weighted by Crippen LogP contribution is 2.47. The predicted octanol–water partition coefficient (Wildman–Crippen LogP) is 8.31. The van der Waals surface area contributed by atoms with E-state index in [9.17, 15) is 0 Å². The second-order valence-corrected chi connectivity index (χ2v) is 11.3. The van der Waals surface area contributed by atoms with E-state index in [1.807, 2.05) is 34.4 Å². The zero-order chi connectivity index (χ0) is 22.4. The molecule has 5 heteroatoms. The molecule has 2 aromatic heterocycles. The largest absolute Gasteiger partial charge is 0.335 e. The summed E-state index contributed by atoms with van der Waals surface area (Å²) in [5, 5.41) is 6.26. The van der Waals surface area contributed by atoms with Crippen molar-refractivity contribution in [1.82, 2.24) is 0 Å². The normalized spacial score (nSPS) is 15.5. The molecule has 0 saturated heterocycles. The third kappa shape index (κ3) is 3.60. The van der Waals surface area contributed by atoms with E-state index in [-0.39, 0.29) is 0 Å². The highest BCUT2D eigenvalue weighted by molar-refractivity contribution is 8.03. The Labute approximate surface area is 202 Å². The van der Waals surface area contributed by atoms with Crippen LogP contribution in [0.15, 0.2) is 57.3 Å². The molecule has 0 saturated carbocycles. The fourth-order valence-electron chi connectivity index (χ4n) is 4.42. The van der Waals surface area contributed by atoms with Crippen LogP contribution in [-0.2, 0) is 6.54 Å². The molecule has 0 radical (unpaired) electrons. The van der Waals surface area contributed by atoms with E-state index < -0.39 is 0 Å². The summed E-state index contributed by atoms with van der Waals surface area (Å²) in [7, 11) is 0. The van der Waals surface area contributed by atoms with Crippen LogP contribution in [0.3, 0.4) is 0 Å². The fourth-order valence-corrected chi connectivity index (χ4v) is 7.71. The van der Waals surface area contributed by atoms with Gasteiger partial charge in [-0.25, -0.2) is 0 Å². The highest BCUT2D eigenvalue weighted by atomic mass is 32.2. The number of anilines is 1. The van der Waals surface area contributed by atoms with Crippen LogP contribution in [0.1, 0.15) is 43.3 Å². The predicted molar refractivity (Wildman–Crippen MR) is 144 cm³/mol. The minimum absolute atomic E-state index is 0.980. The Bertz CT molecular complexity index is 1390. The van der Waals surface area contributed by atoms with Gasteiger partial charge in [0.25, 0.3) is 5.01 Å². The van der Waals surface area contributed by atoms with E-state index in [1.54, 1.807) is 0 Å². The van der Waals surface area contributed by atoms with Crippen molar-refractivity contribution in [2.75, 3.05) is 11.4 Å². The van der Waals surface area contributed by atoms with Crippen LogP contribution in [0.25, 0.3) is 26.4 Å². The van der Waals surface area contributed by atoms with E-state index >= 15 is 0 Å². The van der Waals surface area contributed by atoms with Crippen molar-refractivity contribution in [1.29, 1.82) is 0 Å². The number of hydrogen-bond acceptors (Lipinski definition) is 4. The summed E-state index contributed by atoms with van der Waals surface area (Å²) >= 11 is 5.64. The molecule has 0 spiro atoms. The molecule has 0 bridgehead atoms. The zero-order valence-electron chi connectivity index (χ0n) is 19.4. The number of aryl methyl sites for hydroxylation is 3. The first-order chi connectivity index (χ1) is 15.5. The monoisotopic (exact) mass is 477 g/mol. The van der Waals surface area contributed by atoms with E-state index in [2.05, 4.69) is 91.9 Å². The molecule has 0 amide bonds. The SMILES string of the molecule is CCC(=Cc1sc2ccc3sccc3c2[n+]1CC)C=C1Sc2cc(C)c(C)cc2N1CC. The van der Waals surface area contributed by atoms with E-state index in [0.717, 1.165) is 19.5 Å². The molecule has 0 atom stereocenters. The minimum Gasteiger partial charge on any atom is -0.335 e. The number of nitrogens with zero attached hydrogens (tertiary/aromatic N) is 2. The average molecular weight is 478 g/mol. The average Bonchev–Trinajstić information content (AvgIpc) is 3.47. The molecule has 0 aliphatic carbocycles. The van der Waals surface area contributed by atoms with Gasteiger partial charge in [0.2, 0.25) is 5.52 Å². The molecule has 164 valence electrons. The first-order valence-electron chi connectivity index (χ1n) is 11.4. The number of fused-ring (bicyclic) bond motifs is 4. The van der Waals surface area contributed by atoms with Crippen LogP contribution >= 0.6 is 34.4 Å². The molecule has 1 aliphatic heterocycles. The summed E-state index contributed by atoms with van der Waals surface area (Å²) in [5.74, 6) is 0. The maximum absolute atomic E-state index is 2.49. The number of thiazole rings is 1. The van der Waals surface area contributed by atoms with Crippen LogP contribution in [0, 0.1) is 13.8 Å². The van der Waals surface area contributed by atoms with Gasteiger partial charge in [-0.3, -0.25) is 0 Å². The Kier molecular flexibility index (Phi) is 5.91. The standard InChI is InChI=1S/C27H29N2S3/c1-6-19(15-25-28(7-2)21-13-17(4)18(5)14-24(21)32-25)16-26-29(8-3)27-20-11-12-30-22(20)9-10-23(27)31-26/h9-16H,6-8H2,1-5H3/q+1. The zero-order valence-corrected chi connectivity index (χ0v) is 21.8. The van der Waals surface area contributed by atoms with Gasteiger partial charge in [-0.15, -0.1) is 11.3 Å². The molecular weight excluding hydrogens is 449 g/mol. The van der Waals surface area contributed by atoms with E-state index in [1.165, 1.54) is 57.6 Å². The van der Waals surface area contributed by atoms with Crippen molar-refractivity contribution in [3.05, 3.63) is 68.5 Å². The van der Waals surface area contributed by atoms with Gasteiger partial charge in [0.05, 0.1) is 16.1 Å². The maximum atomic E-state index is 2.49. The quantitative estimate of drug-likeness (QED) is 0.267. The van der Waals surface area contributed by atoms with Crippen molar-refractivity contribution in [2.24, 2.45) is 0 Å². The molecular formula is C27H29N2S3+. The van der Waals surface area contributed by atoms with Crippen LogP contribution < -0.4 is 9.47 Å². The summed E-state index contributed by atoms with van der Waals surface area (Å²) < 4.78 is 5.23. The van der Waals surface area contributed by atoms with Gasteiger partial charge in [-0.2, -0.15) is 4.57 Å². The Hall–Kier alpha value is -2.08. The third-order valence-electron chi connectivity index (χ3n) is 6.33. The maximum Gasteiger partial charge on any atom is 0.263 e.